The molecule has 0 bridgehead atoms. The Bertz CT molecular complexity index is 1000. The minimum absolute atomic E-state index is 0.0461. The number of piperidine rings is 1. The van der Waals surface area contributed by atoms with Crippen LogP contribution in [0, 0.1) is 12.3 Å². The van der Waals surface area contributed by atoms with Gasteiger partial charge in [-0.2, -0.15) is 4.98 Å². The van der Waals surface area contributed by atoms with E-state index in [1.165, 1.54) is 0 Å². The largest absolute Gasteiger partial charge is 0.460 e. The molecule has 0 aliphatic carbocycles. The van der Waals surface area contributed by atoms with Crippen molar-refractivity contribution < 1.29 is 14.1 Å². The van der Waals surface area contributed by atoms with Crippen LogP contribution in [0.5, 0.6) is 0 Å². The fraction of sp³-hybridized carbons (Fsp3) is 0.500. The van der Waals surface area contributed by atoms with Gasteiger partial charge in [-0.05, 0) is 45.0 Å². The normalized spacial score (nSPS) is 22.2. The first kappa shape index (κ1) is 17.4. The number of hydrogen-bond donors (Lipinski definition) is 0. The van der Waals surface area contributed by atoms with Crippen LogP contribution in [0.1, 0.15) is 31.0 Å². The molecule has 28 heavy (non-hydrogen) atoms. The van der Waals surface area contributed by atoms with Gasteiger partial charge in [0.1, 0.15) is 6.10 Å². The fourth-order valence-electron chi connectivity index (χ4n) is 4.46. The van der Waals surface area contributed by atoms with E-state index >= 15 is 0 Å². The van der Waals surface area contributed by atoms with Crippen LogP contribution in [-0.4, -0.2) is 49.8 Å². The van der Waals surface area contributed by atoms with Crippen LogP contribution in [0.2, 0.25) is 0 Å². The molecule has 146 valence electrons. The number of rotatable bonds is 4. The quantitative estimate of drug-likeness (QED) is 0.641. The maximum absolute atomic E-state index is 12.7. The molecular weight excluding hydrogens is 358 g/mol. The Balaban J connectivity index is 1.23. The molecule has 8 heteroatoms. The van der Waals surface area contributed by atoms with E-state index in [0.717, 1.165) is 43.4 Å². The van der Waals surface area contributed by atoms with Crippen molar-refractivity contribution in [2.24, 2.45) is 5.41 Å². The molecular formula is C20H23N5O3. The molecule has 1 atom stereocenters. The Morgan fingerprint density at radius 1 is 1.25 bits per heavy atom. The van der Waals surface area contributed by atoms with Crippen molar-refractivity contribution in [1.82, 2.24) is 24.6 Å². The number of cyclic esters (lactones) is 1. The third-order valence-electron chi connectivity index (χ3n) is 5.99. The van der Waals surface area contributed by atoms with Gasteiger partial charge in [0, 0.05) is 6.42 Å². The summed E-state index contributed by atoms with van der Waals surface area (Å²) in [7, 11) is 0. The molecule has 2 aliphatic heterocycles. The average molecular weight is 381 g/mol. The molecule has 0 radical (unpaired) electrons. The minimum Gasteiger partial charge on any atom is -0.460 e. The molecule has 0 N–H and O–H groups in total. The van der Waals surface area contributed by atoms with Crippen LogP contribution in [0.15, 0.2) is 35.1 Å². The van der Waals surface area contributed by atoms with Gasteiger partial charge in [-0.15, -0.1) is 0 Å². The highest BCUT2D eigenvalue weighted by atomic mass is 16.6. The maximum Gasteiger partial charge on any atom is 0.312 e. The Labute approximate surface area is 162 Å². The third kappa shape index (κ3) is 3.07. The fourth-order valence-corrected chi connectivity index (χ4v) is 4.46. The summed E-state index contributed by atoms with van der Waals surface area (Å²) in [5, 5.41) is 3.84. The number of carbonyl (C=O) groups is 1. The van der Waals surface area contributed by atoms with Gasteiger partial charge in [-0.1, -0.05) is 17.3 Å². The van der Waals surface area contributed by atoms with Gasteiger partial charge in [0.25, 0.3) is 0 Å². The van der Waals surface area contributed by atoms with Crippen LogP contribution in [0.3, 0.4) is 0 Å². The lowest BCUT2D eigenvalue weighted by Gasteiger charge is -2.35. The summed E-state index contributed by atoms with van der Waals surface area (Å²) >= 11 is 0. The lowest BCUT2D eigenvalue weighted by molar-refractivity contribution is -0.151. The highest BCUT2D eigenvalue weighted by Gasteiger charge is 2.50. The van der Waals surface area contributed by atoms with Crippen LogP contribution < -0.4 is 0 Å². The van der Waals surface area contributed by atoms with Crippen molar-refractivity contribution in [2.75, 3.05) is 13.1 Å². The van der Waals surface area contributed by atoms with E-state index in [-0.39, 0.29) is 17.5 Å². The number of esters is 1. The minimum atomic E-state index is -0.359. The monoisotopic (exact) mass is 381 g/mol. The number of ether oxygens (including phenoxy) is 1. The average Bonchev–Trinajstić information content (AvgIpc) is 3.37. The van der Waals surface area contributed by atoms with Crippen molar-refractivity contribution >= 4 is 17.0 Å². The maximum atomic E-state index is 12.7. The molecule has 2 aliphatic rings. The lowest BCUT2D eigenvalue weighted by atomic mass is 9.76. The molecule has 0 amide bonds. The molecule has 1 spiro atoms. The Morgan fingerprint density at radius 2 is 2.07 bits per heavy atom. The second-order valence-corrected chi connectivity index (χ2v) is 7.91. The van der Waals surface area contributed by atoms with Crippen LogP contribution in [0.25, 0.3) is 11.0 Å². The Hall–Kier alpha value is -2.74. The van der Waals surface area contributed by atoms with Crippen LogP contribution in [0.4, 0.5) is 0 Å². The molecule has 1 aromatic carbocycles. The smallest absolute Gasteiger partial charge is 0.312 e. The highest BCUT2D eigenvalue weighted by molar-refractivity contribution is 5.79. The van der Waals surface area contributed by atoms with Crippen molar-refractivity contribution in [3.8, 4) is 0 Å². The first-order valence-corrected chi connectivity index (χ1v) is 9.74. The summed E-state index contributed by atoms with van der Waals surface area (Å²) in [6.07, 6.45) is 4.11. The number of aryl methyl sites for hydroxylation is 1. The molecule has 1 unspecified atom stereocenters. The van der Waals surface area contributed by atoms with Crippen LogP contribution in [-0.2, 0) is 22.6 Å². The van der Waals surface area contributed by atoms with Crippen molar-refractivity contribution in [3.63, 3.8) is 0 Å². The third-order valence-corrected chi connectivity index (χ3v) is 5.99. The molecule has 0 saturated carbocycles. The van der Waals surface area contributed by atoms with E-state index in [4.69, 9.17) is 9.26 Å². The van der Waals surface area contributed by atoms with E-state index in [0.29, 0.717) is 24.8 Å². The second-order valence-electron chi connectivity index (χ2n) is 7.91. The number of hydrogen-bond acceptors (Lipinski definition) is 7. The van der Waals surface area contributed by atoms with Gasteiger partial charge in [0.15, 0.2) is 5.82 Å². The summed E-state index contributed by atoms with van der Waals surface area (Å²) in [6.45, 7) is 4.76. The lowest BCUT2D eigenvalue weighted by Crippen LogP contribution is -2.42. The number of likely N-dealkylation sites (tertiary alicyclic amines) is 1. The summed E-state index contributed by atoms with van der Waals surface area (Å²) in [4.78, 5) is 23.7. The molecule has 5 rings (SSSR count). The predicted octanol–water partition coefficient (Wildman–Crippen LogP) is 2.33. The summed E-state index contributed by atoms with van der Waals surface area (Å²) < 4.78 is 13.1. The number of imidazole rings is 1. The predicted molar refractivity (Wildman–Crippen MR) is 100 cm³/mol. The van der Waals surface area contributed by atoms with E-state index in [1.807, 2.05) is 37.5 Å². The second kappa shape index (κ2) is 6.70. The first-order chi connectivity index (χ1) is 13.6. The van der Waals surface area contributed by atoms with Crippen molar-refractivity contribution in [1.29, 1.82) is 0 Å². The Morgan fingerprint density at radius 3 is 2.86 bits per heavy atom. The van der Waals surface area contributed by atoms with Gasteiger partial charge < -0.3 is 13.8 Å². The molecule has 2 aromatic heterocycles. The van der Waals surface area contributed by atoms with Gasteiger partial charge in [0.2, 0.25) is 5.89 Å². The van der Waals surface area contributed by atoms with E-state index in [9.17, 15) is 4.79 Å². The first-order valence-electron chi connectivity index (χ1n) is 9.74. The molecule has 4 heterocycles. The zero-order valence-electron chi connectivity index (χ0n) is 15.9. The van der Waals surface area contributed by atoms with Gasteiger partial charge in [0.05, 0.1) is 35.9 Å². The number of fused-ring (bicyclic) bond motifs is 1. The molecule has 2 saturated heterocycles. The molecule has 3 aromatic rings. The van der Waals surface area contributed by atoms with Crippen molar-refractivity contribution in [3.05, 3.63) is 42.3 Å². The van der Waals surface area contributed by atoms with E-state index < -0.39 is 0 Å². The summed E-state index contributed by atoms with van der Waals surface area (Å²) in [6, 6.07) is 8.03. The number of carbonyl (C=O) groups excluding carboxylic acids is 1. The molecule has 2 fully saturated rings. The van der Waals surface area contributed by atoms with Crippen LogP contribution >= 0.6 is 0 Å². The van der Waals surface area contributed by atoms with E-state index in [2.05, 4.69) is 24.6 Å². The summed E-state index contributed by atoms with van der Waals surface area (Å²) in [5.41, 5.74) is 1.68. The summed E-state index contributed by atoms with van der Waals surface area (Å²) in [5.74, 6) is 1.24. The topological polar surface area (TPSA) is 86.3 Å². The molecule has 8 nitrogen and oxygen atoms in total. The van der Waals surface area contributed by atoms with Gasteiger partial charge in [-0.25, -0.2) is 4.98 Å². The highest BCUT2D eigenvalue weighted by Crippen LogP contribution is 2.43. The number of para-hydroxylation sites is 2. The number of aromatic nitrogens is 4. The van der Waals surface area contributed by atoms with Gasteiger partial charge >= 0.3 is 5.97 Å². The zero-order valence-corrected chi connectivity index (χ0v) is 15.9. The zero-order chi connectivity index (χ0) is 19.1. The van der Waals surface area contributed by atoms with Gasteiger partial charge in [-0.3, -0.25) is 9.69 Å². The Kier molecular flexibility index (Phi) is 4.16. The van der Waals surface area contributed by atoms with E-state index in [1.54, 1.807) is 0 Å². The number of benzene rings is 1. The van der Waals surface area contributed by atoms with Crippen molar-refractivity contribution in [2.45, 2.75) is 45.4 Å². The SMILES string of the molecule is Cc1noc(CN2CCC3(CC2)CC(Cn2cnc4ccccc42)OC3=O)n1. The number of nitrogens with zero attached hydrogens (tertiary/aromatic N) is 5. The standard InChI is InChI=1S/C20H23N5O3/c1-14-22-18(28-23-14)12-24-8-6-20(7-9-24)10-15(27-19(20)26)11-25-13-21-16-4-2-3-5-17(16)25/h2-5,13,15H,6-12H2,1H3.